The molecule has 1 amide bonds. The third-order valence-electron chi connectivity index (χ3n) is 6.99. The standard InChI is InChI=1S/C29H27F4N5O5/c1-36-26(24-20(30)12-18(41-2)13-21(24)31)25(35-27(39)16-6-8-17(9-7-16)43-29(32)33)28(40)38(36)23-15-19(42-3)14-22(34-23)37-10-4-5-11-37/h6-9,12-15,29H,4-5,10-11H2,1-3H3,(H,35,39). The highest BCUT2D eigenvalue weighted by Gasteiger charge is 2.29. The smallest absolute Gasteiger partial charge is 0.387 e. The summed E-state index contributed by atoms with van der Waals surface area (Å²) in [5.41, 5.74) is -2.21. The highest BCUT2D eigenvalue weighted by Crippen LogP contribution is 2.35. The van der Waals surface area contributed by atoms with Crippen LogP contribution in [0.5, 0.6) is 17.2 Å². The molecule has 1 aliphatic rings. The first-order valence-corrected chi connectivity index (χ1v) is 13.1. The lowest BCUT2D eigenvalue weighted by Gasteiger charge is -2.19. The molecule has 0 radical (unpaired) electrons. The molecule has 2 aromatic heterocycles. The van der Waals surface area contributed by atoms with Crippen molar-refractivity contribution in [2.24, 2.45) is 7.05 Å². The van der Waals surface area contributed by atoms with Crippen LogP contribution >= 0.6 is 0 Å². The molecule has 14 heteroatoms. The van der Waals surface area contributed by atoms with Gasteiger partial charge in [-0.1, -0.05) is 0 Å². The Balaban J connectivity index is 1.67. The fourth-order valence-corrected chi connectivity index (χ4v) is 4.94. The predicted octanol–water partition coefficient (Wildman–Crippen LogP) is 4.99. The molecule has 0 atom stereocenters. The van der Waals surface area contributed by atoms with E-state index >= 15 is 8.78 Å². The molecule has 0 unspecified atom stereocenters. The minimum atomic E-state index is -3.06. The van der Waals surface area contributed by atoms with Crippen LogP contribution in [0.2, 0.25) is 0 Å². The lowest BCUT2D eigenvalue weighted by molar-refractivity contribution is -0.0498. The molecule has 4 aromatic rings. The number of rotatable bonds is 9. The summed E-state index contributed by atoms with van der Waals surface area (Å²) in [6.07, 6.45) is 1.92. The number of hydrogen-bond acceptors (Lipinski definition) is 7. The van der Waals surface area contributed by atoms with E-state index in [9.17, 15) is 18.4 Å². The van der Waals surface area contributed by atoms with E-state index in [0.29, 0.717) is 11.6 Å². The number of nitrogens with one attached hydrogen (secondary N) is 1. The monoisotopic (exact) mass is 601 g/mol. The molecule has 0 spiro atoms. The average molecular weight is 602 g/mol. The normalized spacial score (nSPS) is 13.0. The summed E-state index contributed by atoms with van der Waals surface area (Å²) in [6.45, 7) is -1.56. The molecule has 2 aromatic carbocycles. The Kier molecular flexibility index (Phi) is 8.28. The van der Waals surface area contributed by atoms with Gasteiger partial charge in [0.25, 0.3) is 11.5 Å². The summed E-state index contributed by atoms with van der Waals surface area (Å²) in [6, 6.07) is 9.80. The van der Waals surface area contributed by atoms with Crippen LogP contribution in [-0.4, -0.2) is 54.2 Å². The molecule has 1 N–H and O–H groups in total. The molecule has 0 aliphatic carbocycles. The van der Waals surface area contributed by atoms with Gasteiger partial charge in [0.1, 0.15) is 46.1 Å². The number of amides is 1. The van der Waals surface area contributed by atoms with E-state index in [0.717, 1.165) is 54.9 Å². The fourth-order valence-electron chi connectivity index (χ4n) is 4.94. The van der Waals surface area contributed by atoms with Crippen molar-refractivity contribution in [1.29, 1.82) is 0 Å². The Bertz CT molecular complexity index is 1690. The molecule has 5 rings (SSSR count). The SMILES string of the molecule is COc1cc(N2CCCC2)nc(-n2c(=O)c(NC(=O)c3ccc(OC(F)F)cc3)c(-c3c(F)cc(OC)cc3F)n2C)c1. The Morgan fingerprint density at radius 3 is 2.07 bits per heavy atom. The van der Waals surface area contributed by atoms with Gasteiger partial charge in [-0.3, -0.25) is 14.3 Å². The van der Waals surface area contributed by atoms with E-state index < -0.39 is 41.0 Å². The van der Waals surface area contributed by atoms with Gasteiger partial charge >= 0.3 is 6.61 Å². The summed E-state index contributed by atoms with van der Waals surface area (Å²) >= 11 is 0. The van der Waals surface area contributed by atoms with E-state index in [1.807, 2.05) is 4.90 Å². The number of pyridine rings is 1. The van der Waals surface area contributed by atoms with Crippen LogP contribution < -0.4 is 30.0 Å². The molecular formula is C29H27F4N5O5. The van der Waals surface area contributed by atoms with Gasteiger partial charge in [0.15, 0.2) is 5.82 Å². The van der Waals surface area contributed by atoms with Gasteiger partial charge in [-0.25, -0.2) is 13.8 Å². The second-order valence-electron chi connectivity index (χ2n) is 9.60. The molecule has 1 fully saturated rings. The van der Waals surface area contributed by atoms with Crippen molar-refractivity contribution in [2.45, 2.75) is 19.5 Å². The third-order valence-corrected chi connectivity index (χ3v) is 6.99. The molecule has 3 heterocycles. The van der Waals surface area contributed by atoms with Gasteiger partial charge in [0, 0.05) is 50.0 Å². The number of benzene rings is 2. The maximum Gasteiger partial charge on any atom is 0.387 e. The maximum atomic E-state index is 15.4. The van der Waals surface area contributed by atoms with Crippen LogP contribution in [0.3, 0.4) is 0 Å². The van der Waals surface area contributed by atoms with Gasteiger partial charge in [-0.15, -0.1) is 0 Å². The molecule has 226 valence electrons. The number of carbonyl (C=O) groups excluding carboxylic acids is 1. The molecule has 1 aliphatic heterocycles. The molecular weight excluding hydrogens is 574 g/mol. The zero-order valence-corrected chi connectivity index (χ0v) is 23.4. The summed E-state index contributed by atoms with van der Waals surface area (Å²) in [4.78, 5) is 33.9. The Morgan fingerprint density at radius 2 is 1.49 bits per heavy atom. The van der Waals surface area contributed by atoms with E-state index in [2.05, 4.69) is 15.0 Å². The largest absolute Gasteiger partial charge is 0.497 e. The third kappa shape index (κ3) is 5.85. The molecule has 0 bridgehead atoms. The van der Waals surface area contributed by atoms with Gasteiger partial charge in [0.2, 0.25) is 0 Å². The number of aromatic nitrogens is 3. The number of alkyl halides is 2. The van der Waals surface area contributed by atoms with Crippen LogP contribution in [0, 0.1) is 11.6 Å². The van der Waals surface area contributed by atoms with E-state index in [1.54, 1.807) is 6.07 Å². The van der Waals surface area contributed by atoms with Crippen molar-refractivity contribution >= 4 is 17.4 Å². The van der Waals surface area contributed by atoms with Crippen molar-refractivity contribution in [3.8, 4) is 34.3 Å². The molecule has 10 nitrogen and oxygen atoms in total. The van der Waals surface area contributed by atoms with Crippen molar-refractivity contribution in [3.63, 3.8) is 0 Å². The van der Waals surface area contributed by atoms with Crippen LogP contribution in [-0.2, 0) is 7.05 Å². The van der Waals surface area contributed by atoms with Crippen LogP contribution in [0.25, 0.3) is 17.1 Å². The predicted molar refractivity (Wildman–Crippen MR) is 150 cm³/mol. The lowest BCUT2D eigenvalue weighted by atomic mass is 10.1. The highest BCUT2D eigenvalue weighted by atomic mass is 19.3. The zero-order valence-electron chi connectivity index (χ0n) is 23.4. The molecule has 43 heavy (non-hydrogen) atoms. The second kappa shape index (κ2) is 12.1. The van der Waals surface area contributed by atoms with Crippen molar-refractivity contribution < 1.29 is 36.6 Å². The number of ether oxygens (including phenoxy) is 3. The fraction of sp³-hybridized carbons (Fsp3) is 0.276. The highest BCUT2D eigenvalue weighted by molar-refractivity contribution is 6.06. The van der Waals surface area contributed by atoms with Gasteiger partial charge in [0.05, 0.1) is 19.8 Å². The second-order valence-corrected chi connectivity index (χ2v) is 9.60. The van der Waals surface area contributed by atoms with Crippen molar-refractivity contribution in [3.05, 3.63) is 76.1 Å². The first-order chi connectivity index (χ1) is 20.6. The number of nitrogens with zero attached hydrogens (tertiary/aromatic N) is 4. The van der Waals surface area contributed by atoms with Crippen molar-refractivity contribution in [2.75, 3.05) is 37.5 Å². The number of halogens is 4. The zero-order chi connectivity index (χ0) is 30.8. The van der Waals surface area contributed by atoms with Gasteiger partial charge < -0.3 is 24.4 Å². The van der Waals surface area contributed by atoms with Gasteiger partial charge in [-0.2, -0.15) is 13.5 Å². The number of anilines is 2. The van der Waals surface area contributed by atoms with Crippen LogP contribution in [0.1, 0.15) is 23.2 Å². The summed E-state index contributed by atoms with van der Waals surface area (Å²) in [5.74, 6) is -2.21. The summed E-state index contributed by atoms with van der Waals surface area (Å²) in [7, 11) is 4.09. The average Bonchev–Trinajstić information content (AvgIpc) is 3.60. The molecule has 0 saturated carbocycles. The van der Waals surface area contributed by atoms with E-state index in [4.69, 9.17) is 9.47 Å². The van der Waals surface area contributed by atoms with Crippen LogP contribution in [0.15, 0.2) is 53.3 Å². The minimum Gasteiger partial charge on any atom is -0.497 e. The molecule has 1 saturated heterocycles. The van der Waals surface area contributed by atoms with Crippen molar-refractivity contribution in [1.82, 2.24) is 14.3 Å². The Morgan fingerprint density at radius 1 is 0.907 bits per heavy atom. The number of carbonyl (C=O) groups is 1. The lowest BCUT2D eigenvalue weighted by Crippen LogP contribution is -2.25. The van der Waals surface area contributed by atoms with E-state index in [1.165, 1.54) is 44.1 Å². The van der Waals surface area contributed by atoms with E-state index in [-0.39, 0.29) is 28.6 Å². The topological polar surface area (TPSA) is 99.9 Å². The maximum absolute atomic E-state index is 15.4. The summed E-state index contributed by atoms with van der Waals surface area (Å²) < 4.78 is 72.9. The minimum absolute atomic E-state index is 0.0335. The number of methoxy groups -OCH3 is 2. The van der Waals surface area contributed by atoms with Gasteiger partial charge in [-0.05, 0) is 37.1 Å². The number of hydrogen-bond donors (Lipinski definition) is 1. The first-order valence-electron chi connectivity index (χ1n) is 13.1. The Labute approximate surface area is 243 Å². The first kappa shape index (κ1) is 29.5. The Hall–Kier alpha value is -5.01. The quantitative estimate of drug-likeness (QED) is 0.270. The van der Waals surface area contributed by atoms with Crippen LogP contribution in [0.4, 0.5) is 29.1 Å². The summed E-state index contributed by atoms with van der Waals surface area (Å²) in [5, 5.41) is 2.45.